The van der Waals surface area contributed by atoms with E-state index in [0.29, 0.717) is 13.1 Å². The Morgan fingerprint density at radius 2 is 1.69 bits per heavy atom. The molecule has 0 aromatic rings. The molecule has 94 valence electrons. The molecular formula is C11H22N2O3. The van der Waals surface area contributed by atoms with Crippen LogP contribution in [-0.2, 0) is 0 Å². The van der Waals surface area contributed by atoms with E-state index < -0.39 is 6.09 Å². The molecule has 0 aromatic heterocycles. The van der Waals surface area contributed by atoms with E-state index in [1.165, 1.54) is 24.2 Å². The zero-order valence-corrected chi connectivity index (χ0v) is 9.69. The lowest BCUT2D eigenvalue weighted by molar-refractivity contribution is 0.130. The first-order chi connectivity index (χ1) is 7.70. The number of carboxylic acid groups (broad SMARTS) is 1. The maximum absolute atomic E-state index is 10.3. The molecule has 1 heterocycles. The Morgan fingerprint density at radius 3 is 2.00 bits per heavy atom. The van der Waals surface area contributed by atoms with Crippen LogP contribution in [0.5, 0.6) is 0 Å². The van der Waals surface area contributed by atoms with Gasteiger partial charge in [0, 0.05) is 26.2 Å². The maximum atomic E-state index is 10.3. The van der Waals surface area contributed by atoms with Crippen molar-refractivity contribution in [3.05, 3.63) is 0 Å². The van der Waals surface area contributed by atoms with Crippen LogP contribution in [0.15, 0.2) is 0 Å². The van der Waals surface area contributed by atoms with Gasteiger partial charge in [0.05, 0.1) is 6.10 Å². The molecule has 0 unspecified atom stereocenters. The second-order valence-electron chi connectivity index (χ2n) is 4.31. The SMILES string of the molecule is O=C(O)N1CCNCC1.OC1CCCCC1. The van der Waals surface area contributed by atoms with Gasteiger partial charge < -0.3 is 20.4 Å². The molecule has 1 saturated carbocycles. The minimum Gasteiger partial charge on any atom is -0.465 e. The van der Waals surface area contributed by atoms with E-state index in [2.05, 4.69) is 5.32 Å². The lowest BCUT2D eigenvalue weighted by Crippen LogP contribution is -2.45. The van der Waals surface area contributed by atoms with Gasteiger partial charge in [0.2, 0.25) is 0 Å². The molecule has 0 radical (unpaired) electrons. The van der Waals surface area contributed by atoms with E-state index in [1.54, 1.807) is 0 Å². The monoisotopic (exact) mass is 230 g/mol. The molecule has 1 saturated heterocycles. The van der Waals surface area contributed by atoms with Gasteiger partial charge >= 0.3 is 6.09 Å². The number of carbonyl (C=O) groups is 1. The highest BCUT2D eigenvalue weighted by Crippen LogP contribution is 2.16. The Kier molecular flexibility index (Phi) is 6.18. The molecule has 0 aromatic carbocycles. The zero-order chi connectivity index (χ0) is 11.8. The van der Waals surface area contributed by atoms with Crippen molar-refractivity contribution in [3.8, 4) is 0 Å². The summed E-state index contributed by atoms with van der Waals surface area (Å²) in [4.78, 5) is 11.7. The number of nitrogens with one attached hydrogen (secondary N) is 1. The Hall–Kier alpha value is -0.810. The molecule has 2 aliphatic rings. The molecule has 5 nitrogen and oxygen atoms in total. The van der Waals surface area contributed by atoms with Gasteiger partial charge in [0.25, 0.3) is 0 Å². The van der Waals surface area contributed by atoms with Gasteiger partial charge in [-0.25, -0.2) is 4.79 Å². The molecule has 2 rings (SSSR count). The molecule has 2 fully saturated rings. The number of rotatable bonds is 0. The highest BCUT2D eigenvalue weighted by atomic mass is 16.4. The van der Waals surface area contributed by atoms with Crippen molar-refractivity contribution in [3.63, 3.8) is 0 Å². The summed E-state index contributed by atoms with van der Waals surface area (Å²) in [5.41, 5.74) is 0. The van der Waals surface area contributed by atoms with Crippen LogP contribution in [0.2, 0.25) is 0 Å². The number of hydrogen-bond acceptors (Lipinski definition) is 3. The van der Waals surface area contributed by atoms with Crippen molar-refractivity contribution in [2.45, 2.75) is 38.2 Å². The van der Waals surface area contributed by atoms with Gasteiger partial charge in [-0.15, -0.1) is 0 Å². The Balaban J connectivity index is 0.000000165. The van der Waals surface area contributed by atoms with Gasteiger partial charge in [-0.3, -0.25) is 0 Å². The second-order valence-corrected chi connectivity index (χ2v) is 4.31. The lowest BCUT2D eigenvalue weighted by atomic mass is 9.98. The van der Waals surface area contributed by atoms with Crippen molar-refractivity contribution in [2.75, 3.05) is 26.2 Å². The van der Waals surface area contributed by atoms with Gasteiger partial charge in [0.15, 0.2) is 0 Å². The van der Waals surface area contributed by atoms with Crippen LogP contribution in [0.1, 0.15) is 32.1 Å². The highest BCUT2D eigenvalue weighted by Gasteiger charge is 2.13. The third-order valence-corrected chi connectivity index (χ3v) is 2.96. The summed E-state index contributed by atoms with van der Waals surface area (Å²) in [6.07, 6.45) is 5.12. The van der Waals surface area contributed by atoms with Crippen LogP contribution in [0.3, 0.4) is 0 Å². The van der Waals surface area contributed by atoms with Crippen molar-refractivity contribution in [1.29, 1.82) is 0 Å². The van der Waals surface area contributed by atoms with E-state index >= 15 is 0 Å². The average molecular weight is 230 g/mol. The zero-order valence-electron chi connectivity index (χ0n) is 9.69. The summed E-state index contributed by atoms with van der Waals surface area (Å²) in [5.74, 6) is 0. The number of aliphatic hydroxyl groups is 1. The molecule has 0 spiro atoms. The molecular weight excluding hydrogens is 208 g/mol. The quantitative estimate of drug-likeness (QED) is 0.577. The fraction of sp³-hybridized carbons (Fsp3) is 0.909. The summed E-state index contributed by atoms with van der Waals surface area (Å²) < 4.78 is 0. The van der Waals surface area contributed by atoms with Crippen LogP contribution >= 0.6 is 0 Å². The molecule has 1 amide bonds. The van der Waals surface area contributed by atoms with Gasteiger partial charge in [-0.2, -0.15) is 0 Å². The molecule has 0 bridgehead atoms. The van der Waals surface area contributed by atoms with Crippen LogP contribution in [0.25, 0.3) is 0 Å². The van der Waals surface area contributed by atoms with Crippen molar-refractivity contribution < 1.29 is 15.0 Å². The fourth-order valence-corrected chi connectivity index (χ4v) is 1.94. The third kappa shape index (κ3) is 5.32. The number of piperazine rings is 1. The molecule has 5 heteroatoms. The normalized spacial score (nSPS) is 22.2. The Morgan fingerprint density at radius 1 is 1.12 bits per heavy atom. The molecule has 3 N–H and O–H groups in total. The van der Waals surface area contributed by atoms with Crippen molar-refractivity contribution in [1.82, 2.24) is 10.2 Å². The van der Waals surface area contributed by atoms with Crippen molar-refractivity contribution in [2.24, 2.45) is 0 Å². The number of amides is 1. The summed E-state index contributed by atoms with van der Waals surface area (Å²) in [7, 11) is 0. The van der Waals surface area contributed by atoms with Crippen LogP contribution < -0.4 is 5.32 Å². The molecule has 1 aliphatic carbocycles. The van der Waals surface area contributed by atoms with Crippen LogP contribution in [0.4, 0.5) is 4.79 Å². The maximum Gasteiger partial charge on any atom is 0.407 e. The van der Waals surface area contributed by atoms with E-state index in [-0.39, 0.29) is 6.10 Å². The Bertz CT molecular complexity index is 199. The summed E-state index contributed by atoms with van der Waals surface area (Å²) >= 11 is 0. The highest BCUT2D eigenvalue weighted by molar-refractivity contribution is 5.65. The fourth-order valence-electron chi connectivity index (χ4n) is 1.94. The predicted molar refractivity (Wildman–Crippen MR) is 61.6 cm³/mol. The first-order valence-corrected chi connectivity index (χ1v) is 6.07. The first-order valence-electron chi connectivity index (χ1n) is 6.07. The number of hydrogen-bond donors (Lipinski definition) is 3. The van der Waals surface area contributed by atoms with Crippen molar-refractivity contribution >= 4 is 6.09 Å². The lowest BCUT2D eigenvalue weighted by Gasteiger charge is -2.23. The van der Waals surface area contributed by atoms with Gasteiger partial charge in [-0.05, 0) is 12.8 Å². The topological polar surface area (TPSA) is 72.8 Å². The third-order valence-electron chi connectivity index (χ3n) is 2.96. The van der Waals surface area contributed by atoms with Gasteiger partial charge in [0.1, 0.15) is 0 Å². The largest absolute Gasteiger partial charge is 0.465 e. The minimum atomic E-state index is -0.809. The van der Waals surface area contributed by atoms with E-state index in [4.69, 9.17) is 10.2 Å². The number of aliphatic hydroxyl groups excluding tert-OH is 1. The van der Waals surface area contributed by atoms with Gasteiger partial charge in [-0.1, -0.05) is 19.3 Å². The predicted octanol–water partition coefficient (Wildman–Crippen LogP) is 0.881. The standard InChI is InChI=1S/C6H12O.C5H10N2O2/c7-6-4-2-1-3-5-6;8-5(9)7-3-1-6-2-4-7/h6-7H,1-5H2;6H,1-4H2,(H,8,9). The second kappa shape index (κ2) is 7.46. The average Bonchev–Trinajstić information content (AvgIpc) is 2.32. The number of nitrogens with zero attached hydrogens (tertiary/aromatic N) is 1. The summed E-state index contributed by atoms with van der Waals surface area (Å²) in [5, 5.41) is 20.4. The van der Waals surface area contributed by atoms with Crippen LogP contribution in [0, 0.1) is 0 Å². The molecule has 1 aliphatic heterocycles. The molecule has 16 heavy (non-hydrogen) atoms. The minimum absolute atomic E-state index is 0.0359. The van der Waals surface area contributed by atoms with E-state index in [1.807, 2.05) is 0 Å². The molecule has 0 atom stereocenters. The van der Waals surface area contributed by atoms with E-state index in [9.17, 15) is 4.79 Å². The smallest absolute Gasteiger partial charge is 0.407 e. The van der Waals surface area contributed by atoms with Crippen LogP contribution in [-0.4, -0.2) is 53.5 Å². The Labute approximate surface area is 96.4 Å². The first kappa shape index (κ1) is 13.3. The van der Waals surface area contributed by atoms with E-state index in [0.717, 1.165) is 25.9 Å². The summed E-state index contributed by atoms with van der Waals surface area (Å²) in [6.45, 7) is 2.81. The summed E-state index contributed by atoms with van der Waals surface area (Å²) in [6, 6.07) is 0.